The van der Waals surface area contributed by atoms with Crippen LogP contribution in [-0.2, 0) is 19.4 Å². The average Bonchev–Trinajstić information content (AvgIpc) is 2.47. The third kappa shape index (κ3) is 2.13. The first kappa shape index (κ1) is 10.5. The van der Waals surface area contributed by atoms with Gasteiger partial charge in [-0.15, -0.1) is 0 Å². The maximum atomic E-state index is 9.74. The summed E-state index contributed by atoms with van der Waals surface area (Å²) in [4.78, 5) is 0. The van der Waals surface area contributed by atoms with Crippen LogP contribution in [0, 0.1) is 0 Å². The quantitative estimate of drug-likeness (QED) is 0.514. The third-order valence-electron chi connectivity index (χ3n) is 3.13. The van der Waals surface area contributed by atoms with Crippen molar-refractivity contribution in [1.82, 2.24) is 5.48 Å². The lowest BCUT2D eigenvalue weighted by Crippen LogP contribution is -2.10. The van der Waals surface area contributed by atoms with Crippen molar-refractivity contribution < 1.29 is 10.3 Å². The number of aryl methyl sites for hydroxylation is 1. The van der Waals surface area contributed by atoms with E-state index in [9.17, 15) is 5.11 Å². The van der Waals surface area contributed by atoms with Crippen LogP contribution in [0.1, 0.15) is 36.0 Å². The molecule has 0 spiro atoms. The first-order valence-electron chi connectivity index (χ1n) is 5.52. The van der Waals surface area contributed by atoms with E-state index in [4.69, 9.17) is 5.21 Å². The van der Waals surface area contributed by atoms with E-state index in [0.717, 1.165) is 18.4 Å². The maximum absolute atomic E-state index is 9.74. The molecule has 3 heteroatoms. The first-order chi connectivity index (χ1) is 7.33. The number of hydrogen-bond acceptors (Lipinski definition) is 3. The van der Waals surface area contributed by atoms with Crippen LogP contribution in [-0.4, -0.2) is 10.3 Å². The summed E-state index contributed by atoms with van der Waals surface area (Å²) in [6.45, 7) is 0.328. The summed E-state index contributed by atoms with van der Waals surface area (Å²) in [6, 6.07) is 3.74. The molecular weight excluding hydrogens is 190 g/mol. The number of rotatable bonds is 2. The fraction of sp³-hybridized carbons (Fsp3) is 0.500. The third-order valence-corrected chi connectivity index (χ3v) is 3.13. The van der Waals surface area contributed by atoms with Crippen molar-refractivity contribution in [2.24, 2.45) is 0 Å². The van der Waals surface area contributed by atoms with Gasteiger partial charge in [0.2, 0.25) is 0 Å². The molecule has 1 aromatic carbocycles. The van der Waals surface area contributed by atoms with Crippen LogP contribution >= 0.6 is 0 Å². The predicted molar refractivity (Wildman–Crippen MR) is 58.0 cm³/mol. The van der Waals surface area contributed by atoms with Gasteiger partial charge in [0.05, 0.1) is 0 Å². The Balaban J connectivity index is 2.42. The highest BCUT2D eigenvalue weighted by molar-refractivity contribution is 5.45. The minimum absolute atomic E-state index is 0.289. The Bertz CT molecular complexity index is 350. The molecule has 2 rings (SSSR count). The Kier molecular flexibility index (Phi) is 3.23. The van der Waals surface area contributed by atoms with Crippen molar-refractivity contribution in [2.75, 3.05) is 0 Å². The van der Waals surface area contributed by atoms with Gasteiger partial charge in [-0.3, -0.25) is 0 Å². The molecule has 3 N–H and O–H groups in total. The maximum Gasteiger partial charge on any atom is 0.120 e. The Labute approximate surface area is 89.7 Å². The van der Waals surface area contributed by atoms with Gasteiger partial charge in [0.25, 0.3) is 0 Å². The van der Waals surface area contributed by atoms with Crippen molar-refractivity contribution in [3.8, 4) is 5.75 Å². The number of fused-ring (bicyclic) bond motifs is 1. The normalized spacial score (nSPS) is 15.8. The predicted octanol–water partition coefficient (Wildman–Crippen LogP) is 2.14. The van der Waals surface area contributed by atoms with Crippen LogP contribution in [0.2, 0.25) is 0 Å². The molecule has 0 saturated carbocycles. The van der Waals surface area contributed by atoms with Crippen molar-refractivity contribution in [1.29, 1.82) is 0 Å². The number of benzene rings is 1. The molecule has 1 aliphatic carbocycles. The minimum Gasteiger partial charge on any atom is -0.508 e. The van der Waals surface area contributed by atoms with Gasteiger partial charge >= 0.3 is 0 Å². The lowest BCUT2D eigenvalue weighted by Gasteiger charge is -2.13. The van der Waals surface area contributed by atoms with E-state index < -0.39 is 0 Å². The zero-order chi connectivity index (χ0) is 10.7. The molecule has 0 radical (unpaired) electrons. The molecule has 1 aliphatic rings. The van der Waals surface area contributed by atoms with Crippen LogP contribution in [0.15, 0.2) is 12.1 Å². The average molecular weight is 207 g/mol. The Morgan fingerprint density at radius 2 is 1.93 bits per heavy atom. The molecule has 0 atom stereocenters. The van der Waals surface area contributed by atoms with Gasteiger partial charge in [0.1, 0.15) is 5.75 Å². The van der Waals surface area contributed by atoms with E-state index >= 15 is 0 Å². The van der Waals surface area contributed by atoms with Gasteiger partial charge in [0.15, 0.2) is 0 Å². The molecule has 3 nitrogen and oxygen atoms in total. The zero-order valence-electron chi connectivity index (χ0n) is 8.79. The van der Waals surface area contributed by atoms with Gasteiger partial charge in [-0.1, -0.05) is 12.5 Å². The van der Waals surface area contributed by atoms with E-state index in [0.29, 0.717) is 6.54 Å². The monoisotopic (exact) mass is 207 g/mol. The fourth-order valence-electron chi connectivity index (χ4n) is 2.35. The lowest BCUT2D eigenvalue weighted by molar-refractivity contribution is 0.160. The molecule has 82 valence electrons. The summed E-state index contributed by atoms with van der Waals surface area (Å²) >= 11 is 0. The molecular formula is C12H17NO2. The summed E-state index contributed by atoms with van der Waals surface area (Å²) in [5.41, 5.74) is 5.55. The van der Waals surface area contributed by atoms with E-state index in [-0.39, 0.29) is 5.75 Å². The summed E-state index contributed by atoms with van der Waals surface area (Å²) in [6.07, 6.45) is 5.76. The second-order valence-electron chi connectivity index (χ2n) is 4.10. The Morgan fingerprint density at radius 3 is 2.73 bits per heavy atom. The Hall–Kier alpha value is -1.06. The highest BCUT2D eigenvalue weighted by atomic mass is 16.5. The lowest BCUT2D eigenvalue weighted by atomic mass is 9.96. The number of hydrogen-bond donors (Lipinski definition) is 3. The molecule has 0 bridgehead atoms. The summed E-state index contributed by atoms with van der Waals surface area (Å²) in [7, 11) is 0. The van der Waals surface area contributed by atoms with Crippen LogP contribution < -0.4 is 5.48 Å². The summed E-state index contributed by atoms with van der Waals surface area (Å²) < 4.78 is 0. The molecule has 0 unspecified atom stereocenters. The van der Waals surface area contributed by atoms with Gasteiger partial charge < -0.3 is 10.3 Å². The van der Waals surface area contributed by atoms with E-state index in [1.807, 2.05) is 6.07 Å². The summed E-state index contributed by atoms with van der Waals surface area (Å²) in [5.74, 6) is 0.289. The zero-order valence-corrected chi connectivity index (χ0v) is 8.79. The highest BCUT2D eigenvalue weighted by Gasteiger charge is 2.14. The largest absolute Gasteiger partial charge is 0.508 e. The van der Waals surface area contributed by atoms with Crippen molar-refractivity contribution >= 4 is 0 Å². The fourth-order valence-corrected chi connectivity index (χ4v) is 2.35. The molecule has 0 amide bonds. The molecule has 0 aliphatic heterocycles. The second-order valence-corrected chi connectivity index (χ2v) is 4.10. The van der Waals surface area contributed by atoms with Gasteiger partial charge in [0, 0.05) is 12.1 Å². The number of phenols is 1. The summed E-state index contributed by atoms with van der Waals surface area (Å²) in [5, 5.41) is 18.5. The first-order valence-corrected chi connectivity index (χ1v) is 5.52. The number of aromatic hydroxyl groups is 1. The van der Waals surface area contributed by atoms with Gasteiger partial charge in [-0.25, -0.2) is 5.48 Å². The van der Waals surface area contributed by atoms with Crippen molar-refractivity contribution in [2.45, 2.75) is 38.6 Å². The topological polar surface area (TPSA) is 52.5 Å². The van der Waals surface area contributed by atoms with Crippen LogP contribution in [0.4, 0.5) is 0 Å². The van der Waals surface area contributed by atoms with Crippen molar-refractivity contribution in [3.05, 3.63) is 28.8 Å². The molecule has 0 aromatic heterocycles. The number of hydroxylamine groups is 1. The van der Waals surface area contributed by atoms with Crippen molar-refractivity contribution in [3.63, 3.8) is 0 Å². The van der Waals surface area contributed by atoms with Crippen LogP contribution in [0.5, 0.6) is 5.75 Å². The SMILES string of the molecule is ONCc1c(O)ccc2c1CCCCC2. The molecule has 0 heterocycles. The highest BCUT2D eigenvalue weighted by Crippen LogP contribution is 2.29. The van der Waals surface area contributed by atoms with Gasteiger partial charge in [-0.2, -0.15) is 0 Å². The minimum atomic E-state index is 0.289. The molecule has 1 aromatic rings. The van der Waals surface area contributed by atoms with E-state index in [2.05, 4.69) is 5.48 Å². The van der Waals surface area contributed by atoms with Crippen LogP contribution in [0.25, 0.3) is 0 Å². The van der Waals surface area contributed by atoms with E-state index in [1.165, 1.54) is 30.4 Å². The standard InChI is InChI=1S/C12H17NO2/c14-12-7-6-9-4-2-1-3-5-10(9)11(12)8-13-15/h6-7,13-15H,1-5,8H2. The molecule has 0 saturated heterocycles. The van der Waals surface area contributed by atoms with Gasteiger partial charge in [-0.05, 0) is 42.9 Å². The smallest absolute Gasteiger partial charge is 0.120 e. The Morgan fingerprint density at radius 1 is 1.13 bits per heavy atom. The second kappa shape index (κ2) is 4.64. The van der Waals surface area contributed by atoms with E-state index in [1.54, 1.807) is 6.07 Å². The molecule has 0 fully saturated rings. The number of phenolic OH excluding ortho intramolecular Hbond substituents is 1. The number of nitrogens with one attached hydrogen (secondary N) is 1. The molecule has 15 heavy (non-hydrogen) atoms. The van der Waals surface area contributed by atoms with Crippen LogP contribution in [0.3, 0.4) is 0 Å².